The molecule has 47 heavy (non-hydrogen) atoms. The van der Waals surface area contributed by atoms with E-state index < -0.39 is 11.7 Å². The number of ether oxygens (including phenoxy) is 3. The summed E-state index contributed by atoms with van der Waals surface area (Å²) in [4.78, 5) is 25.9. The number of hydrogen-bond acceptors (Lipinski definition) is 8. The third-order valence-corrected chi connectivity index (χ3v) is 11.8. The third-order valence-electron chi connectivity index (χ3n) is 11.8. The molecule has 0 radical (unpaired) electrons. The Balaban J connectivity index is 1.04. The molecule has 268 valence electrons. The van der Waals surface area contributed by atoms with Crippen molar-refractivity contribution in [1.29, 1.82) is 0 Å². The molecular weight excluding hydrogens is 594 g/mol. The molecule has 5 aliphatic rings. The monoisotopic (exact) mass is 659 g/mol. The molecule has 0 aromatic rings. The normalized spacial score (nSPS) is 36.3. The smallest absolute Gasteiger partial charge is 0.319 e. The average molecular weight is 660 g/mol. The molecule has 9 nitrogen and oxygen atoms in total. The molecule has 0 amide bonds. The van der Waals surface area contributed by atoms with Gasteiger partial charge in [0.1, 0.15) is 17.5 Å². The average Bonchev–Trinajstić information content (AvgIpc) is 3.34. The fourth-order valence-electron chi connectivity index (χ4n) is 9.45. The number of esters is 1. The van der Waals surface area contributed by atoms with Crippen molar-refractivity contribution in [2.45, 2.75) is 204 Å². The number of hydrogen-bond donors (Lipinski definition) is 3. The molecular formula is C38H65N3O6. The lowest BCUT2D eigenvalue weighted by molar-refractivity contribution is -0.985. The van der Waals surface area contributed by atoms with Gasteiger partial charge in [0.15, 0.2) is 5.92 Å². The van der Waals surface area contributed by atoms with Gasteiger partial charge < -0.3 is 29.0 Å². The van der Waals surface area contributed by atoms with Gasteiger partial charge in [0, 0.05) is 25.2 Å². The highest BCUT2D eigenvalue weighted by atomic mass is 16.6. The lowest BCUT2D eigenvalue weighted by Crippen LogP contribution is -3.29. The number of carbonyl (C=O) groups excluding carboxylic acids is 2. The Morgan fingerprint density at radius 2 is 1.57 bits per heavy atom. The fraction of sp³-hybridized carbons (Fsp3) is 0.895. The number of carboxylic acid groups (broad SMARTS) is 1. The predicted molar refractivity (Wildman–Crippen MR) is 180 cm³/mol. The summed E-state index contributed by atoms with van der Waals surface area (Å²) >= 11 is 0. The Labute approximate surface area is 284 Å². The first-order chi connectivity index (χ1) is 22.8. The summed E-state index contributed by atoms with van der Waals surface area (Å²) in [5.41, 5.74) is -1.04. The minimum absolute atomic E-state index is 0.000364. The van der Waals surface area contributed by atoms with E-state index in [2.05, 4.69) is 36.6 Å². The Morgan fingerprint density at radius 3 is 2.23 bits per heavy atom. The van der Waals surface area contributed by atoms with E-state index in [-0.39, 0.29) is 48.6 Å². The van der Waals surface area contributed by atoms with E-state index in [1.54, 1.807) is 0 Å². The molecule has 4 saturated heterocycles. The Morgan fingerprint density at radius 1 is 0.894 bits per heavy atom. The van der Waals surface area contributed by atoms with Gasteiger partial charge in [-0.1, -0.05) is 89.7 Å². The summed E-state index contributed by atoms with van der Waals surface area (Å²) in [6, 6.07) is 0.644. The molecule has 0 aliphatic carbocycles. The van der Waals surface area contributed by atoms with Crippen molar-refractivity contribution in [2.24, 2.45) is 5.92 Å². The van der Waals surface area contributed by atoms with Crippen LogP contribution in [0.1, 0.15) is 162 Å². The second-order valence-electron chi connectivity index (χ2n) is 15.4. The Bertz CT molecular complexity index is 1030. The molecule has 5 aliphatic heterocycles. The van der Waals surface area contributed by atoms with Gasteiger partial charge in [-0.2, -0.15) is 0 Å². The maximum Gasteiger partial charge on any atom is 0.319 e. The highest BCUT2D eigenvalue weighted by molar-refractivity contribution is 5.75. The Kier molecular flexibility index (Phi) is 14.0. The van der Waals surface area contributed by atoms with Crippen LogP contribution in [0.4, 0.5) is 0 Å². The number of carbonyl (C=O) groups is 2. The van der Waals surface area contributed by atoms with Crippen LogP contribution in [-0.2, 0) is 23.8 Å². The molecule has 0 bridgehead atoms. The quantitative estimate of drug-likeness (QED) is 0.110. The molecule has 3 N–H and O–H groups in total. The molecule has 4 fully saturated rings. The summed E-state index contributed by atoms with van der Waals surface area (Å²) in [5.74, 6) is -1.29. The predicted octanol–water partition coefficient (Wildman–Crippen LogP) is 4.78. The van der Waals surface area contributed by atoms with E-state index in [9.17, 15) is 14.7 Å². The van der Waals surface area contributed by atoms with Gasteiger partial charge in [0.25, 0.3) is 0 Å². The van der Waals surface area contributed by atoms with Crippen LogP contribution < -0.4 is 20.6 Å². The van der Waals surface area contributed by atoms with Crippen LogP contribution in [0, 0.1) is 5.92 Å². The van der Waals surface area contributed by atoms with E-state index in [1.165, 1.54) is 56.3 Å². The van der Waals surface area contributed by atoms with Crippen LogP contribution in [0.3, 0.4) is 0 Å². The van der Waals surface area contributed by atoms with Gasteiger partial charge in [-0.3, -0.25) is 4.79 Å². The van der Waals surface area contributed by atoms with Crippen LogP contribution in [-0.4, -0.2) is 60.6 Å². The van der Waals surface area contributed by atoms with Crippen LogP contribution in [0.25, 0.3) is 0 Å². The minimum atomic E-state index is -0.927. The molecule has 2 spiro atoms. The highest BCUT2D eigenvalue weighted by Gasteiger charge is 2.66. The van der Waals surface area contributed by atoms with Crippen LogP contribution in [0.5, 0.6) is 0 Å². The summed E-state index contributed by atoms with van der Waals surface area (Å²) in [6.45, 7) is 4.84. The molecule has 0 aromatic heterocycles. The topological polar surface area (TPSA) is 113 Å². The fourth-order valence-corrected chi connectivity index (χ4v) is 9.45. The molecule has 9 unspecified atom stereocenters. The number of carboxylic acids is 1. The van der Waals surface area contributed by atoms with Crippen LogP contribution in [0.2, 0.25) is 0 Å². The van der Waals surface area contributed by atoms with E-state index >= 15 is 0 Å². The van der Waals surface area contributed by atoms with Crippen molar-refractivity contribution in [1.82, 2.24) is 10.6 Å². The van der Waals surface area contributed by atoms with Gasteiger partial charge in [-0.25, -0.2) is 10.6 Å². The second-order valence-corrected chi connectivity index (χ2v) is 15.4. The molecule has 5 rings (SSSR count). The lowest BCUT2D eigenvalue weighted by Gasteiger charge is -2.58. The molecule has 0 aromatic carbocycles. The minimum Gasteiger partial charge on any atom is -0.550 e. The lowest BCUT2D eigenvalue weighted by atomic mass is 9.79. The zero-order valence-corrected chi connectivity index (χ0v) is 29.5. The van der Waals surface area contributed by atoms with E-state index in [0.717, 1.165) is 89.9 Å². The summed E-state index contributed by atoms with van der Waals surface area (Å²) in [7, 11) is 0. The van der Waals surface area contributed by atoms with Crippen molar-refractivity contribution in [2.75, 3.05) is 6.61 Å². The summed E-state index contributed by atoms with van der Waals surface area (Å²) in [6.07, 6.45) is 28.9. The maximum atomic E-state index is 14.0. The molecule has 9 atom stereocenters. The third kappa shape index (κ3) is 9.80. The van der Waals surface area contributed by atoms with Gasteiger partial charge in [0.2, 0.25) is 6.29 Å². The molecule has 5 heterocycles. The first-order valence-electron chi connectivity index (χ1n) is 19.7. The van der Waals surface area contributed by atoms with Gasteiger partial charge in [0.05, 0.1) is 24.9 Å². The summed E-state index contributed by atoms with van der Waals surface area (Å²) in [5, 5.41) is 18.3. The number of nitrogens with one attached hydrogen (secondary N) is 3. The largest absolute Gasteiger partial charge is 0.550 e. The van der Waals surface area contributed by atoms with Gasteiger partial charge in [-0.05, 0) is 64.7 Å². The number of rotatable bonds is 18. The SMILES string of the molecule is CCC1C=CCCC2(CC3CCC4C(C(=O)OCCCCCCCCCCCCCCCC(=O)[O-])C5(CCCC(C)O5)NC(N2)[NH+]34)O1. The van der Waals surface area contributed by atoms with Crippen molar-refractivity contribution in [3.05, 3.63) is 12.2 Å². The number of aliphatic carboxylic acids is 1. The zero-order chi connectivity index (χ0) is 33.1. The van der Waals surface area contributed by atoms with E-state index in [1.807, 2.05) is 0 Å². The van der Waals surface area contributed by atoms with Crippen molar-refractivity contribution >= 4 is 11.9 Å². The zero-order valence-electron chi connectivity index (χ0n) is 29.5. The highest BCUT2D eigenvalue weighted by Crippen LogP contribution is 2.42. The van der Waals surface area contributed by atoms with Crippen molar-refractivity contribution in [3.63, 3.8) is 0 Å². The van der Waals surface area contributed by atoms with Crippen LogP contribution >= 0.6 is 0 Å². The van der Waals surface area contributed by atoms with E-state index in [0.29, 0.717) is 12.6 Å². The number of quaternary nitrogens is 1. The summed E-state index contributed by atoms with van der Waals surface area (Å²) < 4.78 is 19.7. The van der Waals surface area contributed by atoms with E-state index in [4.69, 9.17) is 14.2 Å². The Hall–Kier alpha value is -1.52. The van der Waals surface area contributed by atoms with Crippen LogP contribution in [0.15, 0.2) is 12.2 Å². The number of allylic oxidation sites excluding steroid dienone is 1. The molecule has 9 heteroatoms. The van der Waals surface area contributed by atoms with Gasteiger partial charge in [-0.15, -0.1) is 0 Å². The molecule has 0 saturated carbocycles. The van der Waals surface area contributed by atoms with Gasteiger partial charge >= 0.3 is 5.97 Å². The second kappa shape index (κ2) is 17.9. The van der Waals surface area contributed by atoms with Crippen molar-refractivity contribution < 1.29 is 33.8 Å². The maximum absolute atomic E-state index is 14.0. The van der Waals surface area contributed by atoms with Crippen molar-refractivity contribution in [3.8, 4) is 0 Å². The number of unbranched alkanes of at least 4 members (excludes halogenated alkanes) is 12. The first-order valence-corrected chi connectivity index (χ1v) is 19.7. The standard InChI is InChI=1S/C38H65N3O6/c1-3-31-21-16-17-25-37(47-31)28-30-23-24-32-34(38(26-19-20-29(2)46-38)40-36(39-37)41(30)32)35(44)45-27-18-14-12-10-8-6-4-5-7-9-11-13-15-22-33(42)43/h16,21,29-32,34,36,39-40H,3-15,17-20,22-28H2,1-2H3,(H,42,43). The first kappa shape index (κ1) is 36.8.